The molecule has 0 unspecified atom stereocenters. The highest BCUT2D eigenvalue weighted by atomic mass is 16.6. The molecule has 0 fully saturated rings. The van der Waals surface area contributed by atoms with Gasteiger partial charge in [-0.1, -0.05) is 30.3 Å². The molecule has 1 amide bonds. The Kier molecular flexibility index (Phi) is 4.83. The number of ether oxygens (including phenoxy) is 1. The summed E-state index contributed by atoms with van der Waals surface area (Å²) < 4.78 is 5.37. The largest absolute Gasteiger partial charge is 0.442 e. The molecular weight excluding hydrogens is 202 g/mol. The van der Waals surface area contributed by atoms with Gasteiger partial charge in [-0.25, -0.2) is 4.79 Å². The van der Waals surface area contributed by atoms with Crippen molar-refractivity contribution in [3.63, 3.8) is 0 Å². The Morgan fingerprint density at radius 3 is 2.31 bits per heavy atom. The Bertz CT molecular complexity index is 320. The van der Waals surface area contributed by atoms with Crippen molar-refractivity contribution >= 4 is 6.09 Å². The maximum absolute atomic E-state index is 11.7. The Hall–Kier alpha value is -1.51. The fourth-order valence-corrected chi connectivity index (χ4v) is 1.50. The third-order valence-corrected chi connectivity index (χ3v) is 2.57. The van der Waals surface area contributed by atoms with Crippen molar-refractivity contribution < 1.29 is 9.53 Å². The van der Waals surface area contributed by atoms with E-state index in [2.05, 4.69) is 0 Å². The van der Waals surface area contributed by atoms with Crippen LogP contribution >= 0.6 is 0 Å². The van der Waals surface area contributed by atoms with E-state index >= 15 is 0 Å². The quantitative estimate of drug-likeness (QED) is 0.781. The summed E-state index contributed by atoms with van der Waals surface area (Å²) in [6.45, 7) is 7.13. The molecule has 0 saturated carbocycles. The molecule has 0 bridgehead atoms. The van der Waals surface area contributed by atoms with E-state index in [-0.39, 0.29) is 12.2 Å². The number of carbonyl (C=O) groups excluding carboxylic acids is 1. The third-order valence-electron chi connectivity index (χ3n) is 2.57. The maximum Gasteiger partial charge on any atom is 0.410 e. The predicted molar refractivity (Wildman–Crippen MR) is 64.3 cm³/mol. The third kappa shape index (κ3) is 3.26. The van der Waals surface area contributed by atoms with Gasteiger partial charge in [-0.3, -0.25) is 0 Å². The average molecular weight is 221 g/mol. The van der Waals surface area contributed by atoms with Crippen LogP contribution in [0.15, 0.2) is 30.3 Å². The molecule has 0 aliphatic carbocycles. The molecule has 3 heteroatoms. The zero-order valence-corrected chi connectivity index (χ0v) is 10.1. The Balaban J connectivity index is 2.58. The van der Waals surface area contributed by atoms with Gasteiger partial charge < -0.3 is 9.64 Å². The Labute approximate surface area is 97.0 Å². The lowest BCUT2D eigenvalue weighted by atomic mass is 10.1. The number of nitrogens with zero attached hydrogens (tertiary/aromatic N) is 1. The lowest BCUT2D eigenvalue weighted by Gasteiger charge is -2.21. The molecule has 1 atom stereocenters. The van der Waals surface area contributed by atoms with Gasteiger partial charge in [-0.15, -0.1) is 0 Å². The van der Waals surface area contributed by atoms with E-state index in [4.69, 9.17) is 4.74 Å². The molecule has 1 aromatic carbocycles. The SMILES string of the molecule is CCN(CC)C(=O)O[C@@H](C)c1ccccc1. The summed E-state index contributed by atoms with van der Waals surface area (Å²) >= 11 is 0. The molecule has 0 aromatic heterocycles. The number of amides is 1. The summed E-state index contributed by atoms with van der Waals surface area (Å²) in [5.74, 6) is 0. The van der Waals surface area contributed by atoms with Crippen LogP contribution in [0, 0.1) is 0 Å². The molecule has 3 nitrogen and oxygen atoms in total. The number of benzene rings is 1. The van der Waals surface area contributed by atoms with E-state index in [0.717, 1.165) is 5.56 Å². The van der Waals surface area contributed by atoms with Crippen molar-refractivity contribution in [3.8, 4) is 0 Å². The van der Waals surface area contributed by atoms with Crippen molar-refractivity contribution in [2.45, 2.75) is 26.9 Å². The highest BCUT2D eigenvalue weighted by Crippen LogP contribution is 2.17. The molecule has 0 aliphatic heterocycles. The van der Waals surface area contributed by atoms with E-state index < -0.39 is 0 Å². The standard InChI is InChI=1S/C13H19NO2/c1-4-14(5-2)13(15)16-11(3)12-9-7-6-8-10-12/h6-11H,4-5H2,1-3H3/t11-/m0/s1. The van der Waals surface area contributed by atoms with Crippen LogP contribution in [0.5, 0.6) is 0 Å². The van der Waals surface area contributed by atoms with Crippen molar-refractivity contribution in [1.29, 1.82) is 0 Å². The monoisotopic (exact) mass is 221 g/mol. The van der Waals surface area contributed by atoms with Crippen LogP contribution < -0.4 is 0 Å². The molecular formula is C13H19NO2. The summed E-state index contributed by atoms with van der Waals surface area (Å²) in [7, 11) is 0. The van der Waals surface area contributed by atoms with Crippen LogP contribution in [0.1, 0.15) is 32.4 Å². The molecule has 88 valence electrons. The molecule has 1 rings (SSSR count). The fourth-order valence-electron chi connectivity index (χ4n) is 1.50. The minimum atomic E-state index is -0.249. The number of carbonyl (C=O) groups is 1. The summed E-state index contributed by atoms with van der Waals surface area (Å²) in [6.07, 6.45) is -0.448. The highest BCUT2D eigenvalue weighted by Gasteiger charge is 2.15. The summed E-state index contributed by atoms with van der Waals surface area (Å²) in [5, 5.41) is 0. The predicted octanol–water partition coefficient (Wildman–Crippen LogP) is 3.23. The second-order valence-electron chi connectivity index (χ2n) is 3.61. The Morgan fingerprint density at radius 2 is 1.81 bits per heavy atom. The van der Waals surface area contributed by atoms with Crippen LogP contribution in [0.4, 0.5) is 4.79 Å². The molecule has 1 aromatic rings. The first-order valence-electron chi connectivity index (χ1n) is 5.69. The van der Waals surface area contributed by atoms with Crippen molar-refractivity contribution in [2.75, 3.05) is 13.1 Å². The van der Waals surface area contributed by atoms with E-state index in [0.29, 0.717) is 13.1 Å². The minimum absolute atomic E-state index is 0.200. The van der Waals surface area contributed by atoms with Crippen molar-refractivity contribution in [1.82, 2.24) is 4.90 Å². The summed E-state index contributed by atoms with van der Waals surface area (Å²) in [6, 6.07) is 9.75. The van der Waals surface area contributed by atoms with E-state index in [1.807, 2.05) is 51.1 Å². The normalized spacial score (nSPS) is 11.9. The first-order chi connectivity index (χ1) is 7.69. The second-order valence-corrected chi connectivity index (χ2v) is 3.61. The van der Waals surface area contributed by atoms with Gasteiger partial charge >= 0.3 is 6.09 Å². The van der Waals surface area contributed by atoms with Crippen molar-refractivity contribution in [2.24, 2.45) is 0 Å². The van der Waals surface area contributed by atoms with Gasteiger partial charge in [0.05, 0.1) is 0 Å². The first kappa shape index (κ1) is 12.6. The lowest BCUT2D eigenvalue weighted by molar-refractivity contribution is 0.0726. The fraction of sp³-hybridized carbons (Fsp3) is 0.462. The van der Waals surface area contributed by atoms with Crippen LogP contribution in [-0.4, -0.2) is 24.1 Å². The maximum atomic E-state index is 11.7. The van der Waals surface area contributed by atoms with Gasteiger partial charge in [0.2, 0.25) is 0 Å². The summed E-state index contributed by atoms with van der Waals surface area (Å²) in [4.78, 5) is 13.4. The van der Waals surface area contributed by atoms with Gasteiger partial charge in [0.1, 0.15) is 6.10 Å². The van der Waals surface area contributed by atoms with Gasteiger partial charge in [0.25, 0.3) is 0 Å². The zero-order chi connectivity index (χ0) is 12.0. The van der Waals surface area contributed by atoms with Crippen LogP contribution in [0.25, 0.3) is 0 Å². The van der Waals surface area contributed by atoms with Crippen LogP contribution in [-0.2, 0) is 4.74 Å². The zero-order valence-electron chi connectivity index (χ0n) is 10.1. The topological polar surface area (TPSA) is 29.5 Å². The van der Waals surface area contributed by atoms with E-state index in [1.54, 1.807) is 4.90 Å². The van der Waals surface area contributed by atoms with Gasteiger partial charge in [-0.2, -0.15) is 0 Å². The lowest BCUT2D eigenvalue weighted by Crippen LogP contribution is -2.31. The van der Waals surface area contributed by atoms with Gasteiger partial charge in [0.15, 0.2) is 0 Å². The van der Waals surface area contributed by atoms with Crippen LogP contribution in [0.3, 0.4) is 0 Å². The van der Waals surface area contributed by atoms with Gasteiger partial charge in [0, 0.05) is 13.1 Å². The molecule has 0 heterocycles. The molecule has 0 spiro atoms. The molecule has 0 N–H and O–H groups in total. The average Bonchev–Trinajstić information content (AvgIpc) is 2.31. The van der Waals surface area contributed by atoms with Gasteiger partial charge in [-0.05, 0) is 26.3 Å². The Morgan fingerprint density at radius 1 is 1.25 bits per heavy atom. The molecule has 0 radical (unpaired) electrons. The number of hydrogen-bond acceptors (Lipinski definition) is 2. The molecule has 0 aliphatic rings. The van der Waals surface area contributed by atoms with Crippen molar-refractivity contribution in [3.05, 3.63) is 35.9 Å². The molecule has 16 heavy (non-hydrogen) atoms. The number of rotatable bonds is 4. The molecule has 0 saturated heterocycles. The van der Waals surface area contributed by atoms with E-state index in [1.165, 1.54) is 0 Å². The minimum Gasteiger partial charge on any atom is -0.442 e. The smallest absolute Gasteiger partial charge is 0.410 e. The number of hydrogen-bond donors (Lipinski definition) is 0. The highest BCUT2D eigenvalue weighted by molar-refractivity contribution is 5.67. The van der Waals surface area contributed by atoms with E-state index in [9.17, 15) is 4.79 Å². The first-order valence-corrected chi connectivity index (χ1v) is 5.69. The van der Waals surface area contributed by atoms with Crippen LogP contribution in [0.2, 0.25) is 0 Å². The summed E-state index contributed by atoms with van der Waals surface area (Å²) in [5.41, 5.74) is 1.02. The second kappa shape index (κ2) is 6.16.